The number of hydrogen-bond donors (Lipinski definition) is 6. The number of nitrogens with two attached hydrogens (primary N) is 2. The molecule has 0 saturated carbocycles. The molecule has 0 aromatic heterocycles. The molecule has 1 aliphatic rings. The van der Waals surface area contributed by atoms with E-state index in [-0.39, 0.29) is 0 Å². The van der Waals surface area contributed by atoms with Gasteiger partial charge in [-0.1, -0.05) is 0 Å². The van der Waals surface area contributed by atoms with Crippen LogP contribution in [0.15, 0.2) is 16.8 Å². The minimum atomic E-state index is -1.73. The summed E-state index contributed by atoms with van der Waals surface area (Å²) in [5.41, 5.74) is 10.6. The zero-order chi connectivity index (χ0) is 17.7. The van der Waals surface area contributed by atoms with Crippen molar-refractivity contribution in [1.82, 2.24) is 5.32 Å². The van der Waals surface area contributed by atoms with Gasteiger partial charge in [0.1, 0.15) is 30.0 Å². The second kappa shape index (κ2) is 7.76. The number of amides is 1. The average molecular weight is 331 g/mol. The fraction of sp³-hybridized carbons (Fsp3) is 0.583. The van der Waals surface area contributed by atoms with Crippen molar-refractivity contribution in [2.75, 3.05) is 6.61 Å². The highest BCUT2D eigenvalue weighted by molar-refractivity contribution is 5.83. The van der Waals surface area contributed by atoms with Crippen LogP contribution in [-0.2, 0) is 14.3 Å². The van der Waals surface area contributed by atoms with Gasteiger partial charge in [0.25, 0.3) is 0 Å². The first-order valence-corrected chi connectivity index (χ1v) is 6.60. The molecule has 0 spiro atoms. The molecule has 23 heavy (non-hydrogen) atoms. The third kappa shape index (κ3) is 4.81. The van der Waals surface area contributed by atoms with Crippen LogP contribution in [0.1, 0.15) is 6.92 Å². The number of guanidine groups is 1. The number of hydrogen-bond acceptors (Lipinski definition) is 8. The summed E-state index contributed by atoms with van der Waals surface area (Å²) in [6, 6.07) is -2.18. The van der Waals surface area contributed by atoms with Crippen molar-refractivity contribution in [3.63, 3.8) is 0 Å². The lowest BCUT2D eigenvalue weighted by atomic mass is 9.92. The molecule has 8 N–H and O–H groups in total. The maximum Gasteiger partial charge on any atom is 0.217 e. The maximum atomic E-state index is 11.3. The second-order valence-corrected chi connectivity index (χ2v) is 4.91. The molecule has 11 nitrogen and oxygen atoms in total. The summed E-state index contributed by atoms with van der Waals surface area (Å²) in [5, 5.41) is 42.0. The van der Waals surface area contributed by atoms with Crippen LogP contribution in [0.4, 0.5) is 0 Å². The highest BCUT2D eigenvalue weighted by atomic mass is 16.5. The second-order valence-electron chi connectivity index (χ2n) is 4.91. The van der Waals surface area contributed by atoms with Crippen LogP contribution >= 0.6 is 0 Å². The number of carboxylic acid groups (broad SMARTS) is 1. The predicted octanol–water partition coefficient (Wildman–Crippen LogP) is -5.12. The summed E-state index contributed by atoms with van der Waals surface area (Å²) < 4.78 is 5.07. The summed E-state index contributed by atoms with van der Waals surface area (Å²) >= 11 is 0. The number of carboxylic acids is 1. The first kappa shape index (κ1) is 18.7. The molecule has 0 aromatic carbocycles. The standard InChI is InChI=1S/C12H20N4O7/c1-4(18)15-8-5(16-12(13)14)2-7(11(21)22)23-10(8)9(20)6(19)3-17/h2,5-6,8-10,17,19-20H,3H2,1H3,(H,15,18)(H,21,22)(H4,13,14,16)/p-1/t5-,6+,8+,9+,10+/m0/s1. The average Bonchev–Trinajstić information content (AvgIpc) is 2.45. The molecule has 0 aromatic rings. The first-order valence-electron chi connectivity index (χ1n) is 6.60. The molecule has 130 valence electrons. The third-order valence-electron chi connectivity index (χ3n) is 3.09. The molecule has 0 bridgehead atoms. The number of ether oxygens (including phenoxy) is 1. The summed E-state index contributed by atoms with van der Waals surface area (Å²) in [7, 11) is 0. The SMILES string of the molecule is CC(=O)N[C@H]1[C@H]([C@H](O)[C@H](O)CO)OC(C(=O)[O-])=C[C@@H]1N=C(N)N. The van der Waals surface area contributed by atoms with Gasteiger partial charge >= 0.3 is 0 Å². The van der Waals surface area contributed by atoms with Crippen LogP contribution in [0.5, 0.6) is 0 Å². The Balaban J connectivity index is 3.28. The van der Waals surface area contributed by atoms with Crippen molar-refractivity contribution in [3.05, 3.63) is 11.8 Å². The molecule has 0 fully saturated rings. The summed E-state index contributed by atoms with van der Waals surface area (Å²) in [4.78, 5) is 26.1. The van der Waals surface area contributed by atoms with Gasteiger partial charge in [0.2, 0.25) is 5.91 Å². The normalized spacial score (nSPS) is 26.3. The largest absolute Gasteiger partial charge is 0.542 e. The van der Waals surface area contributed by atoms with Crippen LogP contribution in [0, 0.1) is 0 Å². The van der Waals surface area contributed by atoms with Crippen LogP contribution in [0.25, 0.3) is 0 Å². The van der Waals surface area contributed by atoms with E-state index in [4.69, 9.17) is 21.3 Å². The monoisotopic (exact) mass is 331 g/mol. The lowest BCUT2D eigenvalue weighted by molar-refractivity contribution is -0.305. The van der Waals surface area contributed by atoms with Gasteiger partial charge in [0, 0.05) is 6.92 Å². The maximum absolute atomic E-state index is 11.3. The van der Waals surface area contributed by atoms with E-state index in [0.29, 0.717) is 0 Å². The van der Waals surface area contributed by atoms with Gasteiger partial charge in [0.05, 0.1) is 18.7 Å². The Kier molecular flexibility index (Phi) is 6.30. The molecule has 1 amide bonds. The Morgan fingerprint density at radius 1 is 1.48 bits per heavy atom. The van der Waals surface area contributed by atoms with E-state index in [0.717, 1.165) is 6.08 Å². The number of aliphatic carboxylic acids is 1. The first-order chi connectivity index (χ1) is 10.7. The number of carbonyl (C=O) groups excluding carboxylic acids is 2. The topological polar surface area (TPSA) is 204 Å². The van der Waals surface area contributed by atoms with E-state index < -0.39 is 60.6 Å². The Hall–Kier alpha value is -2.37. The molecule has 0 unspecified atom stereocenters. The summed E-state index contributed by atoms with van der Waals surface area (Å²) in [6.07, 6.45) is -3.80. The van der Waals surface area contributed by atoms with E-state index in [1.165, 1.54) is 6.92 Å². The molecule has 11 heteroatoms. The van der Waals surface area contributed by atoms with Gasteiger partial charge in [-0.15, -0.1) is 0 Å². The van der Waals surface area contributed by atoms with Crippen LogP contribution < -0.4 is 21.9 Å². The summed E-state index contributed by atoms with van der Waals surface area (Å²) in [5.74, 6) is -3.29. The van der Waals surface area contributed by atoms with Crippen molar-refractivity contribution in [2.45, 2.75) is 37.3 Å². The number of aliphatic hydroxyl groups excluding tert-OH is 3. The zero-order valence-corrected chi connectivity index (χ0v) is 12.2. The predicted molar refractivity (Wildman–Crippen MR) is 74.3 cm³/mol. The molecule has 1 heterocycles. The third-order valence-corrected chi connectivity index (χ3v) is 3.09. The fourth-order valence-corrected chi connectivity index (χ4v) is 2.13. The van der Waals surface area contributed by atoms with E-state index >= 15 is 0 Å². The molecule has 5 atom stereocenters. The summed E-state index contributed by atoms with van der Waals surface area (Å²) in [6.45, 7) is 0.363. The fourth-order valence-electron chi connectivity index (χ4n) is 2.13. The Bertz CT molecular complexity index is 518. The quantitative estimate of drug-likeness (QED) is 0.203. The number of nitrogens with zero attached hydrogens (tertiary/aromatic N) is 1. The minimum absolute atomic E-state index is 0.392. The van der Waals surface area contributed by atoms with Gasteiger partial charge in [-0.2, -0.15) is 0 Å². The highest BCUT2D eigenvalue weighted by Crippen LogP contribution is 2.24. The molecule has 0 saturated heterocycles. The molecule has 0 aliphatic carbocycles. The number of rotatable bonds is 6. The van der Waals surface area contributed by atoms with Crippen LogP contribution in [0.2, 0.25) is 0 Å². The number of carbonyl (C=O) groups is 2. The van der Waals surface area contributed by atoms with Gasteiger partial charge < -0.3 is 46.7 Å². The van der Waals surface area contributed by atoms with Gasteiger partial charge in [-0.25, -0.2) is 4.99 Å². The van der Waals surface area contributed by atoms with Crippen molar-refractivity contribution in [3.8, 4) is 0 Å². The van der Waals surface area contributed by atoms with E-state index in [1.807, 2.05) is 0 Å². The zero-order valence-electron chi connectivity index (χ0n) is 12.2. The minimum Gasteiger partial charge on any atom is -0.542 e. The lowest BCUT2D eigenvalue weighted by Gasteiger charge is -2.39. The molecular formula is C12H19N4O7-. The van der Waals surface area contributed by atoms with Crippen molar-refractivity contribution >= 4 is 17.8 Å². The molecule has 1 rings (SSSR count). The van der Waals surface area contributed by atoms with E-state index in [2.05, 4.69) is 10.3 Å². The van der Waals surface area contributed by atoms with Crippen LogP contribution in [0.3, 0.4) is 0 Å². The molecular weight excluding hydrogens is 312 g/mol. The van der Waals surface area contributed by atoms with Gasteiger partial charge in [-0.3, -0.25) is 4.79 Å². The van der Waals surface area contributed by atoms with Crippen molar-refractivity contribution < 1.29 is 34.8 Å². The molecule has 1 aliphatic heterocycles. The lowest BCUT2D eigenvalue weighted by Crippen LogP contribution is -2.60. The van der Waals surface area contributed by atoms with Crippen molar-refractivity contribution in [2.24, 2.45) is 16.5 Å². The Labute approximate surface area is 131 Å². The Morgan fingerprint density at radius 2 is 2.09 bits per heavy atom. The van der Waals surface area contributed by atoms with Crippen molar-refractivity contribution in [1.29, 1.82) is 0 Å². The molecule has 0 radical (unpaired) electrons. The number of nitrogens with one attached hydrogen (secondary N) is 1. The van der Waals surface area contributed by atoms with E-state index in [9.17, 15) is 24.9 Å². The number of aliphatic hydroxyl groups is 3. The van der Waals surface area contributed by atoms with Gasteiger partial charge in [-0.05, 0) is 6.08 Å². The number of aliphatic imine (C=N–C) groups is 1. The van der Waals surface area contributed by atoms with Crippen LogP contribution in [-0.4, -0.2) is 70.2 Å². The Morgan fingerprint density at radius 3 is 2.52 bits per heavy atom. The smallest absolute Gasteiger partial charge is 0.217 e. The van der Waals surface area contributed by atoms with E-state index in [1.54, 1.807) is 0 Å². The highest BCUT2D eigenvalue weighted by Gasteiger charge is 2.42. The van der Waals surface area contributed by atoms with Gasteiger partial charge in [0.15, 0.2) is 5.96 Å².